The first kappa shape index (κ1) is 23.6. The van der Waals surface area contributed by atoms with Gasteiger partial charge in [0.25, 0.3) is 0 Å². The topological polar surface area (TPSA) is 81.2 Å². The Morgan fingerprint density at radius 3 is 2.14 bits per heavy atom. The van der Waals surface area contributed by atoms with Gasteiger partial charge >= 0.3 is 0 Å². The molecular formula is C25H25ClF2N6O. The van der Waals surface area contributed by atoms with Crippen LogP contribution in [0.25, 0.3) is 11.2 Å². The van der Waals surface area contributed by atoms with Crippen LogP contribution in [0.1, 0.15) is 23.9 Å². The van der Waals surface area contributed by atoms with Crippen molar-refractivity contribution in [1.82, 2.24) is 24.8 Å². The molecule has 0 saturated carbocycles. The van der Waals surface area contributed by atoms with Crippen LogP contribution < -0.4 is 4.90 Å². The predicted molar refractivity (Wildman–Crippen MR) is 130 cm³/mol. The molecule has 35 heavy (non-hydrogen) atoms. The van der Waals surface area contributed by atoms with E-state index in [1.165, 1.54) is 24.3 Å². The van der Waals surface area contributed by atoms with Crippen LogP contribution in [0.4, 0.5) is 14.6 Å². The Bertz CT molecular complexity index is 1300. The summed E-state index contributed by atoms with van der Waals surface area (Å²) in [7, 11) is 0. The van der Waals surface area contributed by atoms with E-state index in [0.29, 0.717) is 31.1 Å². The quantitative estimate of drug-likeness (QED) is 0.404. The van der Waals surface area contributed by atoms with Gasteiger partial charge < -0.3 is 15.0 Å². The molecule has 182 valence electrons. The number of aliphatic hydroxyl groups is 1. The molecular weight excluding hydrogens is 474 g/mol. The van der Waals surface area contributed by atoms with E-state index in [1.54, 1.807) is 24.3 Å². The second kappa shape index (κ2) is 9.14. The van der Waals surface area contributed by atoms with Gasteiger partial charge in [-0.25, -0.2) is 13.8 Å². The number of halogens is 3. The fourth-order valence-electron chi connectivity index (χ4n) is 5.06. The third-order valence-corrected chi connectivity index (χ3v) is 6.90. The summed E-state index contributed by atoms with van der Waals surface area (Å²) in [6.07, 6.45) is 0. The molecule has 0 radical (unpaired) electrons. The van der Waals surface area contributed by atoms with Crippen molar-refractivity contribution in [2.45, 2.75) is 25.4 Å². The first-order valence-electron chi connectivity index (χ1n) is 11.4. The lowest BCUT2D eigenvalue weighted by Gasteiger charge is -2.50. The predicted octanol–water partition coefficient (Wildman–Crippen LogP) is 4.04. The average molecular weight is 499 g/mol. The summed E-state index contributed by atoms with van der Waals surface area (Å²) >= 11 is 6.20. The lowest BCUT2D eigenvalue weighted by molar-refractivity contribution is 0.0432. The summed E-state index contributed by atoms with van der Waals surface area (Å²) in [5, 5.41) is 11.0. The molecule has 0 spiro atoms. The molecule has 1 aliphatic heterocycles. The van der Waals surface area contributed by atoms with Gasteiger partial charge in [0.15, 0.2) is 11.5 Å². The lowest BCUT2D eigenvalue weighted by Crippen LogP contribution is -2.60. The number of aliphatic hydroxyl groups excluding tert-OH is 1. The minimum absolute atomic E-state index is 0.0339. The molecule has 10 heteroatoms. The number of aryl methyl sites for hydroxylation is 1. The molecule has 1 fully saturated rings. The highest BCUT2D eigenvalue weighted by Crippen LogP contribution is 2.38. The van der Waals surface area contributed by atoms with Gasteiger partial charge in [-0.05, 0) is 60.8 Å². The molecule has 1 unspecified atom stereocenters. The number of aromatic nitrogens is 4. The maximum absolute atomic E-state index is 13.8. The zero-order valence-corrected chi connectivity index (χ0v) is 20.1. The summed E-state index contributed by atoms with van der Waals surface area (Å²) in [5.74, 6) is 0.664. The Balaban J connectivity index is 1.54. The summed E-state index contributed by atoms with van der Waals surface area (Å²) in [5.41, 5.74) is 1.70. The number of rotatable bonds is 5. The van der Waals surface area contributed by atoms with Crippen LogP contribution in [0.2, 0.25) is 5.28 Å². The molecule has 1 aliphatic rings. The van der Waals surface area contributed by atoms with Crippen LogP contribution in [0.5, 0.6) is 0 Å². The van der Waals surface area contributed by atoms with Crippen molar-refractivity contribution in [1.29, 1.82) is 0 Å². The Morgan fingerprint density at radius 1 is 1.00 bits per heavy atom. The maximum Gasteiger partial charge on any atom is 0.226 e. The number of H-pyrrole nitrogens is 1. The normalized spacial score (nSPS) is 17.3. The SMILES string of the molecule is Cc1nc2nc(Cl)nc(N3CCN(C(CO)(c4ccc(F)cc4)c4ccc(F)cc4)CC3C)c2[nH]1. The van der Waals surface area contributed by atoms with E-state index in [0.717, 1.165) is 22.5 Å². The van der Waals surface area contributed by atoms with Crippen molar-refractivity contribution < 1.29 is 13.9 Å². The number of anilines is 1. The Labute approximate surface area is 206 Å². The number of hydrogen-bond donors (Lipinski definition) is 2. The van der Waals surface area contributed by atoms with E-state index in [9.17, 15) is 13.9 Å². The monoisotopic (exact) mass is 498 g/mol. The second-order valence-corrected chi connectivity index (χ2v) is 9.20. The van der Waals surface area contributed by atoms with Crippen molar-refractivity contribution in [2.24, 2.45) is 0 Å². The highest BCUT2D eigenvalue weighted by Gasteiger charge is 2.43. The van der Waals surface area contributed by atoms with Crippen molar-refractivity contribution in [3.8, 4) is 0 Å². The molecule has 1 atom stereocenters. The van der Waals surface area contributed by atoms with Crippen LogP contribution in [-0.2, 0) is 5.54 Å². The summed E-state index contributed by atoms with van der Waals surface area (Å²) in [6.45, 7) is 5.32. The van der Waals surface area contributed by atoms with Gasteiger partial charge in [-0.1, -0.05) is 24.3 Å². The van der Waals surface area contributed by atoms with E-state index in [-0.39, 0.29) is 29.6 Å². The third kappa shape index (κ3) is 4.13. The second-order valence-electron chi connectivity index (χ2n) is 8.86. The van der Waals surface area contributed by atoms with E-state index in [2.05, 4.69) is 36.7 Å². The minimum Gasteiger partial charge on any atom is -0.394 e. The fraction of sp³-hybridized carbons (Fsp3) is 0.320. The van der Waals surface area contributed by atoms with Gasteiger partial charge in [0.05, 0.1) is 12.1 Å². The van der Waals surface area contributed by atoms with Crippen LogP contribution >= 0.6 is 11.6 Å². The van der Waals surface area contributed by atoms with E-state index in [4.69, 9.17) is 11.6 Å². The first-order chi connectivity index (χ1) is 16.8. The highest BCUT2D eigenvalue weighted by atomic mass is 35.5. The minimum atomic E-state index is -0.981. The molecule has 2 N–H and O–H groups in total. The van der Waals surface area contributed by atoms with Crippen LogP contribution in [0.3, 0.4) is 0 Å². The Kier molecular flexibility index (Phi) is 6.16. The summed E-state index contributed by atoms with van der Waals surface area (Å²) < 4.78 is 27.6. The standard InChI is InChI=1S/C25H25ClF2N6O/c1-15-13-33(11-12-34(15)23-21-22(30-16(2)29-21)31-24(26)32-23)25(14-35,17-3-7-19(27)8-4-17)18-5-9-20(28)10-6-18/h3-10,15,35H,11-14H2,1-2H3,(H,29,30,31,32). The average Bonchev–Trinajstić information content (AvgIpc) is 3.21. The number of nitrogens with zero attached hydrogens (tertiary/aromatic N) is 5. The number of nitrogens with one attached hydrogen (secondary N) is 1. The van der Waals surface area contributed by atoms with Gasteiger partial charge in [0, 0.05) is 25.7 Å². The molecule has 0 amide bonds. The molecule has 3 heterocycles. The number of piperazine rings is 1. The highest BCUT2D eigenvalue weighted by molar-refractivity contribution is 6.28. The molecule has 4 aromatic rings. The smallest absolute Gasteiger partial charge is 0.226 e. The van der Waals surface area contributed by atoms with Crippen molar-refractivity contribution in [3.63, 3.8) is 0 Å². The van der Waals surface area contributed by atoms with Crippen molar-refractivity contribution in [2.75, 3.05) is 31.1 Å². The fourth-order valence-corrected chi connectivity index (χ4v) is 5.22. The number of benzene rings is 2. The van der Waals surface area contributed by atoms with Gasteiger partial charge in [0.2, 0.25) is 5.28 Å². The molecule has 5 rings (SSSR count). The number of imidazole rings is 1. The number of aromatic amines is 1. The molecule has 1 saturated heterocycles. The van der Waals surface area contributed by atoms with Crippen molar-refractivity contribution >= 4 is 28.6 Å². The first-order valence-corrected chi connectivity index (χ1v) is 11.7. The number of hydrogen-bond acceptors (Lipinski definition) is 6. The number of fused-ring (bicyclic) bond motifs is 1. The molecule has 7 nitrogen and oxygen atoms in total. The van der Waals surface area contributed by atoms with Crippen molar-refractivity contribution in [3.05, 3.63) is 82.4 Å². The van der Waals surface area contributed by atoms with Crippen LogP contribution in [0.15, 0.2) is 48.5 Å². The maximum atomic E-state index is 13.8. The molecule has 0 bridgehead atoms. The van der Waals surface area contributed by atoms with Crippen LogP contribution in [0, 0.1) is 18.6 Å². The zero-order valence-electron chi connectivity index (χ0n) is 19.3. The van der Waals surface area contributed by atoms with Crippen LogP contribution in [-0.4, -0.2) is 62.2 Å². The summed E-state index contributed by atoms with van der Waals surface area (Å²) in [4.78, 5) is 20.6. The lowest BCUT2D eigenvalue weighted by atomic mass is 9.80. The van der Waals surface area contributed by atoms with E-state index < -0.39 is 5.54 Å². The third-order valence-electron chi connectivity index (χ3n) is 6.73. The van der Waals surface area contributed by atoms with Gasteiger partial charge in [0.1, 0.15) is 23.0 Å². The molecule has 2 aromatic carbocycles. The zero-order chi connectivity index (χ0) is 24.7. The Hall–Kier alpha value is -3.14. The largest absolute Gasteiger partial charge is 0.394 e. The van der Waals surface area contributed by atoms with E-state index >= 15 is 0 Å². The van der Waals surface area contributed by atoms with E-state index in [1.807, 2.05) is 6.92 Å². The van der Waals surface area contributed by atoms with Gasteiger partial charge in [-0.3, -0.25) is 4.90 Å². The van der Waals surface area contributed by atoms with Gasteiger partial charge in [-0.2, -0.15) is 9.97 Å². The van der Waals surface area contributed by atoms with Gasteiger partial charge in [-0.15, -0.1) is 0 Å². The molecule has 2 aromatic heterocycles. The molecule has 0 aliphatic carbocycles. The summed E-state index contributed by atoms with van der Waals surface area (Å²) in [6, 6.07) is 12.2. The Morgan fingerprint density at radius 2 is 1.60 bits per heavy atom.